The molecule has 0 amide bonds. The molecular weight excluding hydrogens is 282 g/mol. The molecule has 3 rings (SSSR count). The number of fused-ring (bicyclic) bond motifs is 1. The maximum Gasteiger partial charge on any atom is 0.175 e. The average molecular weight is 298 g/mol. The second kappa shape index (κ2) is 4.50. The van der Waals surface area contributed by atoms with Crippen LogP contribution in [-0.2, 0) is 0 Å². The summed E-state index contributed by atoms with van der Waals surface area (Å²) in [4.78, 5) is 0. The second-order valence-electron chi connectivity index (χ2n) is 4.62. The Morgan fingerprint density at radius 2 is 2.06 bits per heavy atom. The summed E-state index contributed by atoms with van der Waals surface area (Å²) in [7, 11) is 0. The zero-order chi connectivity index (χ0) is 11.8. The van der Waals surface area contributed by atoms with Gasteiger partial charge in [-0.25, -0.2) is 0 Å². The minimum absolute atomic E-state index is 0.599. The molecule has 4 heteroatoms. The van der Waals surface area contributed by atoms with Crippen molar-refractivity contribution in [2.75, 3.05) is 26.3 Å². The van der Waals surface area contributed by atoms with Gasteiger partial charge in [-0.3, -0.25) is 0 Å². The molecule has 1 fully saturated rings. The third kappa shape index (κ3) is 1.93. The van der Waals surface area contributed by atoms with Gasteiger partial charge in [0.2, 0.25) is 0 Å². The van der Waals surface area contributed by atoms with Gasteiger partial charge in [0, 0.05) is 6.54 Å². The topological polar surface area (TPSA) is 30.5 Å². The number of ether oxygens (including phenoxy) is 2. The van der Waals surface area contributed by atoms with Crippen LogP contribution in [0.4, 0.5) is 0 Å². The minimum atomic E-state index is 0.599. The predicted octanol–water partition coefficient (Wildman–Crippen LogP) is 2.61. The van der Waals surface area contributed by atoms with Crippen molar-refractivity contribution < 1.29 is 9.47 Å². The van der Waals surface area contributed by atoms with Crippen molar-refractivity contribution in [2.45, 2.75) is 19.3 Å². The van der Waals surface area contributed by atoms with E-state index in [0.717, 1.165) is 29.1 Å². The lowest BCUT2D eigenvalue weighted by Crippen LogP contribution is -2.18. The fraction of sp³-hybridized carbons (Fsp3) is 0.538. The SMILES string of the molecule is Cc1c(C2CCNC2)cc(Br)c2c1OCCO2. The molecule has 1 unspecified atom stereocenters. The van der Waals surface area contributed by atoms with E-state index < -0.39 is 0 Å². The molecule has 2 aliphatic heterocycles. The van der Waals surface area contributed by atoms with Crippen molar-refractivity contribution in [2.24, 2.45) is 0 Å². The van der Waals surface area contributed by atoms with Crippen LogP contribution in [0.1, 0.15) is 23.5 Å². The number of hydrogen-bond acceptors (Lipinski definition) is 3. The van der Waals surface area contributed by atoms with Crippen LogP contribution in [0, 0.1) is 6.92 Å². The first-order valence-electron chi connectivity index (χ1n) is 6.06. The molecular formula is C13H16BrNO2. The Kier molecular flexibility index (Phi) is 3.01. The van der Waals surface area contributed by atoms with E-state index in [9.17, 15) is 0 Å². The van der Waals surface area contributed by atoms with Crippen molar-refractivity contribution in [1.82, 2.24) is 5.32 Å². The van der Waals surface area contributed by atoms with Crippen molar-refractivity contribution in [1.29, 1.82) is 0 Å². The maximum atomic E-state index is 5.76. The summed E-state index contributed by atoms with van der Waals surface area (Å²) in [5, 5.41) is 3.41. The highest BCUT2D eigenvalue weighted by Gasteiger charge is 2.25. The molecule has 17 heavy (non-hydrogen) atoms. The first kappa shape index (κ1) is 11.4. The highest BCUT2D eigenvalue weighted by Crippen LogP contribution is 2.44. The number of benzene rings is 1. The molecule has 1 aromatic carbocycles. The van der Waals surface area contributed by atoms with Crippen LogP contribution in [0.2, 0.25) is 0 Å². The Morgan fingerprint density at radius 1 is 1.29 bits per heavy atom. The monoisotopic (exact) mass is 297 g/mol. The van der Waals surface area contributed by atoms with E-state index in [0.29, 0.717) is 19.1 Å². The molecule has 0 saturated carbocycles. The summed E-state index contributed by atoms with van der Waals surface area (Å²) >= 11 is 3.59. The fourth-order valence-corrected chi connectivity index (χ4v) is 3.20. The van der Waals surface area contributed by atoms with Crippen molar-refractivity contribution >= 4 is 15.9 Å². The summed E-state index contributed by atoms with van der Waals surface area (Å²) in [6, 6.07) is 2.19. The van der Waals surface area contributed by atoms with Gasteiger partial charge in [0.05, 0.1) is 4.47 Å². The van der Waals surface area contributed by atoms with Gasteiger partial charge in [-0.1, -0.05) is 0 Å². The van der Waals surface area contributed by atoms with E-state index in [-0.39, 0.29) is 0 Å². The van der Waals surface area contributed by atoms with E-state index in [4.69, 9.17) is 9.47 Å². The van der Waals surface area contributed by atoms with Crippen LogP contribution in [0.15, 0.2) is 10.5 Å². The second-order valence-corrected chi connectivity index (χ2v) is 5.47. The number of hydrogen-bond donors (Lipinski definition) is 1. The number of rotatable bonds is 1. The summed E-state index contributed by atoms with van der Waals surface area (Å²) in [6.07, 6.45) is 1.20. The van der Waals surface area contributed by atoms with Crippen LogP contribution in [0.5, 0.6) is 11.5 Å². The molecule has 1 aromatic rings. The highest BCUT2D eigenvalue weighted by atomic mass is 79.9. The first-order chi connectivity index (χ1) is 8.27. The zero-order valence-corrected chi connectivity index (χ0v) is 11.5. The Hall–Kier alpha value is -0.740. The van der Waals surface area contributed by atoms with Crippen molar-refractivity contribution in [3.8, 4) is 11.5 Å². The molecule has 0 aliphatic carbocycles. The molecule has 3 nitrogen and oxygen atoms in total. The molecule has 2 heterocycles. The van der Waals surface area contributed by atoms with Gasteiger partial charge < -0.3 is 14.8 Å². The Morgan fingerprint density at radius 3 is 2.76 bits per heavy atom. The molecule has 0 radical (unpaired) electrons. The first-order valence-corrected chi connectivity index (χ1v) is 6.86. The smallest absolute Gasteiger partial charge is 0.175 e. The predicted molar refractivity (Wildman–Crippen MR) is 70.1 cm³/mol. The number of nitrogens with one attached hydrogen (secondary N) is 1. The van der Waals surface area contributed by atoms with Crippen LogP contribution >= 0.6 is 15.9 Å². The maximum absolute atomic E-state index is 5.76. The van der Waals surface area contributed by atoms with Gasteiger partial charge in [-0.2, -0.15) is 0 Å². The van der Waals surface area contributed by atoms with Crippen LogP contribution in [-0.4, -0.2) is 26.3 Å². The molecule has 2 aliphatic rings. The van der Waals surface area contributed by atoms with E-state index in [1.807, 2.05) is 0 Å². The van der Waals surface area contributed by atoms with Crippen molar-refractivity contribution in [3.63, 3.8) is 0 Å². The summed E-state index contributed by atoms with van der Waals surface area (Å²) < 4.78 is 12.4. The molecule has 1 saturated heterocycles. The van der Waals surface area contributed by atoms with Gasteiger partial charge in [-0.15, -0.1) is 0 Å². The van der Waals surface area contributed by atoms with Gasteiger partial charge >= 0.3 is 0 Å². The lowest BCUT2D eigenvalue weighted by molar-refractivity contribution is 0.169. The van der Waals surface area contributed by atoms with Crippen molar-refractivity contribution in [3.05, 3.63) is 21.7 Å². The van der Waals surface area contributed by atoms with E-state index >= 15 is 0 Å². The fourth-order valence-electron chi connectivity index (χ4n) is 2.66. The average Bonchev–Trinajstić information content (AvgIpc) is 2.87. The summed E-state index contributed by atoms with van der Waals surface area (Å²) in [6.45, 7) is 5.58. The third-order valence-electron chi connectivity index (χ3n) is 3.56. The molecule has 1 atom stereocenters. The normalized spacial score (nSPS) is 22.8. The Bertz CT molecular complexity index is 442. The summed E-state index contributed by atoms with van der Waals surface area (Å²) in [5.41, 5.74) is 2.61. The molecule has 92 valence electrons. The van der Waals surface area contributed by atoms with Crippen LogP contribution < -0.4 is 14.8 Å². The molecule has 0 aromatic heterocycles. The van der Waals surface area contributed by atoms with E-state index in [1.54, 1.807) is 0 Å². The Balaban J connectivity index is 2.07. The molecule has 0 spiro atoms. The van der Waals surface area contributed by atoms with E-state index in [2.05, 4.69) is 34.2 Å². The van der Waals surface area contributed by atoms with Crippen LogP contribution in [0.25, 0.3) is 0 Å². The minimum Gasteiger partial charge on any atom is -0.486 e. The lowest BCUT2D eigenvalue weighted by atomic mass is 9.93. The summed E-state index contributed by atoms with van der Waals surface area (Å²) in [5.74, 6) is 2.39. The van der Waals surface area contributed by atoms with Gasteiger partial charge in [-0.05, 0) is 58.9 Å². The van der Waals surface area contributed by atoms with Gasteiger partial charge in [0.25, 0.3) is 0 Å². The van der Waals surface area contributed by atoms with Crippen LogP contribution in [0.3, 0.4) is 0 Å². The molecule has 0 bridgehead atoms. The number of halogens is 1. The quantitative estimate of drug-likeness (QED) is 0.864. The van der Waals surface area contributed by atoms with E-state index in [1.165, 1.54) is 17.5 Å². The highest BCUT2D eigenvalue weighted by molar-refractivity contribution is 9.10. The van der Waals surface area contributed by atoms with Gasteiger partial charge in [0.15, 0.2) is 11.5 Å². The third-order valence-corrected chi connectivity index (χ3v) is 4.14. The largest absolute Gasteiger partial charge is 0.486 e. The standard InChI is InChI=1S/C13H16BrNO2/c1-8-10(9-2-3-15-7-9)6-11(14)13-12(8)16-4-5-17-13/h6,9,15H,2-5,7H2,1H3. The molecule has 1 N–H and O–H groups in total. The van der Waals surface area contributed by atoms with Gasteiger partial charge in [0.1, 0.15) is 13.2 Å². The lowest BCUT2D eigenvalue weighted by Gasteiger charge is -2.24. The Labute approximate surface area is 110 Å². The zero-order valence-electron chi connectivity index (χ0n) is 9.88.